The summed E-state index contributed by atoms with van der Waals surface area (Å²) in [4.78, 5) is 21.3. The molecule has 0 radical (unpaired) electrons. The highest BCUT2D eigenvalue weighted by Crippen LogP contribution is 2.17. The van der Waals surface area contributed by atoms with Gasteiger partial charge < -0.3 is 14.5 Å². The zero-order chi connectivity index (χ0) is 18.4. The first kappa shape index (κ1) is 18.7. The van der Waals surface area contributed by atoms with Crippen LogP contribution in [-0.2, 0) is 11.2 Å². The van der Waals surface area contributed by atoms with Crippen molar-refractivity contribution in [3.8, 4) is 5.75 Å². The number of pyridine rings is 1. The van der Waals surface area contributed by atoms with E-state index in [4.69, 9.17) is 4.74 Å². The third kappa shape index (κ3) is 4.97. The molecule has 3 rings (SSSR count). The number of hydrogen-bond acceptors (Lipinski definition) is 4. The van der Waals surface area contributed by atoms with Crippen molar-refractivity contribution in [3.63, 3.8) is 0 Å². The highest BCUT2D eigenvalue weighted by Gasteiger charge is 2.19. The Balaban J connectivity index is 1.51. The summed E-state index contributed by atoms with van der Waals surface area (Å²) in [5, 5.41) is 0. The van der Waals surface area contributed by atoms with Crippen molar-refractivity contribution in [1.82, 2.24) is 9.88 Å². The van der Waals surface area contributed by atoms with E-state index in [2.05, 4.69) is 25.8 Å². The zero-order valence-corrected chi connectivity index (χ0v) is 16.6. The number of methoxy groups -OCH3 is 1. The molecule has 0 spiro atoms. The predicted molar refractivity (Wildman–Crippen MR) is 107 cm³/mol. The maximum absolute atomic E-state index is 12.6. The minimum Gasteiger partial charge on any atom is -0.497 e. The predicted octanol–water partition coefficient (Wildman–Crippen LogP) is 3.52. The molecule has 138 valence electrons. The van der Waals surface area contributed by atoms with Gasteiger partial charge in [-0.2, -0.15) is 0 Å². The van der Waals surface area contributed by atoms with Gasteiger partial charge in [0, 0.05) is 43.3 Å². The van der Waals surface area contributed by atoms with E-state index in [1.54, 1.807) is 7.11 Å². The minimum absolute atomic E-state index is 0.228. The number of carbonyl (C=O) groups excluding carboxylic acids is 1. The van der Waals surface area contributed by atoms with Gasteiger partial charge in [0.2, 0.25) is 5.91 Å². The Morgan fingerprint density at radius 2 is 1.92 bits per heavy atom. The average molecular weight is 418 g/mol. The number of anilines is 1. The zero-order valence-electron chi connectivity index (χ0n) is 15.0. The molecule has 1 aromatic carbocycles. The number of benzene rings is 1. The maximum atomic E-state index is 12.6. The van der Waals surface area contributed by atoms with Crippen molar-refractivity contribution >= 4 is 27.7 Å². The monoisotopic (exact) mass is 417 g/mol. The lowest BCUT2D eigenvalue weighted by atomic mass is 10.1. The lowest BCUT2D eigenvalue weighted by molar-refractivity contribution is -0.130. The largest absolute Gasteiger partial charge is 0.497 e. The Hall–Kier alpha value is -2.08. The van der Waals surface area contributed by atoms with Crippen molar-refractivity contribution in [2.24, 2.45) is 0 Å². The van der Waals surface area contributed by atoms with Crippen molar-refractivity contribution in [2.45, 2.75) is 19.3 Å². The molecule has 1 aliphatic rings. The van der Waals surface area contributed by atoms with Gasteiger partial charge in [-0.3, -0.25) is 4.79 Å². The second-order valence-corrected chi connectivity index (χ2v) is 7.32. The van der Waals surface area contributed by atoms with E-state index in [-0.39, 0.29) is 5.91 Å². The number of carbonyl (C=O) groups is 1. The number of aromatic nitrogens is 1. The first-order chi connectivity index (χ1) is 12.7. The molecular weight excluding hydrogens is 394 g/mol. The van der Waals surface area contributed by atoms with Gasteiger partial charge in [-0.1, -0.05) is 12.1 Å². The van der Waals surface area contributed by atoms with Gasteiger partial charge in [0.25, 0.3) is 0 Å². The summed E-state index contributed by atoms with van der Waals surface area (Å²) in [5.74, 6) is 2.04. The molecule has 0 saturated carbocycles. The first-order valence-electron chi connectivity index (χ1n) is 8.93. The van der Waals surface area contributed by atoms with E-state index < -0.39 is 0 Å². The maximum Gasteiger partial charge on any atom is 0.222 e. The average Bonchev–Trinajstić information content (AvgIpc) is 2.93. The summed E-state index contributed by atoms with van der Waals surface area (Å²) in [7, 11) is 1.66. The lowest BCUT2D eigenvalue weighted by Crippen LogP contribution is -2.35. The van der Waals surface area contributed by atoms with Crippen LogP contribution in [0.2, 0.25) is 0 Å². The smallest absolute Gasteiger partial charge is 0.222 e. The van der Waals surface area contributed by atoms with Gasteiger partial charge >= 0.3 is 0 Å². The minimum atomic E-state index is 0.228. The molecule has 0 bridgehead atoms. The molecule has 2 heterocycles. The molecule has 1 aliphatic heterocycles. The summed E-state index contributed by atoms with van der Waals surface area (Å²) >= 11 is 3.42. The molecule has 5 nitrogen and oxygen atoms in total. The molecule has 0 N–H and O–H groups in total. The van der Waals surface area contributed by atoms with Gasteiger partial charge in [0.1, 0.15) is 11.6 Å². The third-order valence-corrected chi connectivity index (χ3v) is 5.14. The Labute approximate surface area is 163 Å². The van der Waals surface area contributed by atoms with Crippen LogP contribution >= 0.6 is 15.9 Å². The van der Waals surface area contributed by atoms with Crippen LogP contribution in [0.1, 0.15) is 18.4 Å². The van der Waals surface area contributed by atoms with Crippen LogP contribution in [0, 0.1) is 0 Å². The molecule has 1 saturated heterocycles. The van der Waals surface area contributed by atoms with Crippen molar-refractivity contribution < 1.29 is 9.53 Å². The molecule has 2 aromatic rings. The highest BCUT2D eigenvalue weighted by atomic mass is 79.9. The molecule has 0 unspecified atom stereocenters. The van der Waals surface area contributed by atoms with E-state index in [9.17, 15) is 4.79 Å². The van der Waals surface area contributed by atoms with Crippen LogP contribution in [-0.4, -0.2) is 49.1 Å². The molecule has 6 heteroatoms. The molecule has 0 aliphatic carbocycles. The Kier molecular flexibility index (Phi) is 6.50. The van der Waals surface area contributed by atoms with Crippen LogP contribution in [0.4, 0.5) is 5.82 Å². The van der Waals surface area contributed by atoms with Crippen molar-refractivity contribution in [3.05, 3.63) is 52.6 Å². The summed E-state index contributed by atoms with van der Waals surface area (Å²) < 4.78 is 6.15. The normalized spacial score (nSPS) is 14.8. The Bertz CT molecular complexity index is 719. The molecule has 1 aromatic heterocycles. The van der Waals surface area contributed by atoms with Gasteiger partial charge in [-0.25, -0.2) is 4.98 Å². The third-order valence-electron chi connectivity index (χ3n) is 4.67. The highest BCUT2D eigenvalue weighted by molar-refractivity contribution is 9.10. The SMILES string of the molecule is COc1ccc(CCC(=O)N2CCCN(c3ccc(Br)cn3)CC2)cc1. The summed E-state index contributed by atoms with van der Waals surface area (Å²) in [6.07, 6.45) is 4.09. The van der Waals surface area contributed by atoms with Crippen LogP contribution < -0.4 is 9.64 Å². The fourth-order valence-electron chi connectivity index (χ4n) is 3.15. The quantitative estimate of drug-likeness (QED) is 0.746. The number of amides is 1. The van der Waals surface area contributed by atoms with E-state index in [0.717, 1.165) is 60.6 Å². The topological polar surface area (TPSA) is 45.7 Å². The van der Waals surface area contributed by atoms with Crippen LogP contribution in [0.5, 0.6) is 5.75 Å². The van der Waals surface area contributed by atoms with E-state index >= 15 is 0 Å². The van der Waals surface area contributed by atoms with E-state index in [1.807, 2.05) is 47.5 Å². The van der Waals surface area contributed by atoms with Gasteiger partial charge in [-0.05, 0) is 58.6 Å². The Morgan fingerprint density at radius 1 is 1.12 bits per heavy atom. The summed E-state index contributed by atoms with van der Waals surface area (Å²) in [5.41, 5.74) is 1.16. The molecule has 0 atom stereocenters. The van der Waals surface area contributed by atoms with Gasteiger partial charge in [0.05, 0.1) is 7.11 Å². The van der Waals surface area contributed by atoms with Gasteiger partial charge in [-0.15, -0.1) is 0 Å². The van der Waals surface area contributed by atoms with Crippen LogP contribution in [0.15, 0.2) is 47.1 Å². The molecule has 26 heavy (non-hydrogen) atoms. The number of aryl methyl sites for hydroxylation is 1. The summed E-state index contributed by atoms with van der Waals surface area (Å²) in [6.45, 7) is 3.31. The lowest BCUT2D eigenvalue weighted by Gasteiger charge is -2.23. The fourth-order valence-corrected chi connectivity index (χ4v) is 3.39. The van der Waals surface area contributed by atoms with Crippen LogP contribution in [0.25, 0.3) is 0 Å². The Morgan fingerprint density at radius 3 is 2.62 bits per heavy atom. The molecular formula is C20H24BrN3O2. The first-order valence-corrected chi connectivity index (χ1v) is 9.72. The molecule has 1 fully saturated rings. The van der Waals surface area contributed by atoms with E-state index in [1.165, 1.54) is 0 Å². The fraction of sp³-hybridized carbons (Fsp3) is 0.400. The number of ether oxygens (including phenoxy) is 1. The summed E-state index contributed by atoms with van der Waals surface area (Å²) in [6, 6.07) is 11.9. The number of hydrogen-bond donors (Lipinski definition) is 0. The second-order valence-electron chi connectivity index (χ2n) is 6.40. The molecule has 1 amide bonds. The van der Waals surface area contributed by atoms with Crippen LogP contribution in [0.3, 0.4) is 0 Å². The number of halogens is 1. The van der Waals surface area contributed by atoms with Crippen molar-refractivity contribution in [1.29, 1.82) is 0 Å². The second kappa shape index (κ2) is 9.03. The van der Waals surface area contributed by atoms with E-state index in [0.29, 0.717) is 6.42 Å². The number of nitrogens with zero attached hydrogens (tertiary/aromatic N) is 3. The standard InChI is InChI=1S/C20H24BrN3O2/c1-26-18-7-3-16(4-8-18)5-10-20(25)24-12-2-11-23(13-14-24)19-9-6-17(21)15-22-19/h3-4,6-9,15H,2,5,10-14H2,1H3. The van der Waals surface area contributed by atoms with Gasteiger partial charge in [0.15, 0.2) is 0 Å². The van der Waals surface area contributed by atoms with Crippen molar-refractivity contribution in [2.75, 3.05) is 38.2 Å². The number of rotatable bonds is 5.